The zero-order valence-electron chi connectivity index (χ0n) is 10.9. The largest absolute Gasteiger partial charge is 0.508 e. The fourth-order valence-electron chi connectivity index (χ4n) is 2.39. The van der Waals surface area contributed by atoms with Gasteiger partial charge < -0.3 is 15.3 Å². The highest BCUT2D eigenvalue weighted by molar-refractivity contribution is 5.76. The predicted octanol–water partition coefficient (Wildman–Crippen LogP) is 1.66. The molecule has 1 heterocycles. The number of piperidine rings is 1. The third kappa shape index (κ3) is 3.01. The molecule has 2 rings (SSSR count). The van der Waals surface area contributed by atoms with Crippen LogP contribution in [-0.2, 0) is 4.79 Å². The average Bonchev–Trinajstić information content (AvgIpc) is 2.34. The lowest BCUT2D eigenvalue weighted by Crippen LogP contribution is -2.47. The van der Waals surface area contributed by atoms with Crippen LogP contribution in [0, 0.1) is 0 Å². The number of carbonyl (C=O) groups excluding carboxylic acids is 1. The number of nitrogens with one attached hydrogen (secondary N) is 1. The molecule has 1 aromatic rings. The molecule has 2 atom stereocenters. The van der Waals surface area contributed by atoms with Gasteiger partial charge in [-0.05, 0) is 31.0 Å². The molecule has 0 saturated carbocycles. The van der Waals surface area contributed by atoms with E-state index in [0.29, 0.717) is 12.5 Å². The summed E-state index contributed by atoms with van der Waals surface area (Å²) in [4.78, 5) is 13.2. The van der Waals surface area contributed by atoms with Crippen LogP contribution in [-0.4, -0.2) is 35.5 Å². The Morgan fingerprint density at radius 2 is 2.28 bits per heavy atom. The molecule has 0 aromatic heterocycles. The van der Waals surface area contributed by atoms with Crippen molar-refractivity contribution >= 4 is 5.91 Å². The number of hydrogen-bond acceptors (Lipinski definition) is 3. The summed E-state index contributed by atoms with van der Waals surface area (Å²) in [5.74, 6) is 0.509. The predicted molar refractivity (Wildman–Crippen MR) is 70.3 cm³/mol. The third-order valence-corrected chi connectivity index (χ3v) is 3.48. The molecule has 98 valence electrons. The molecule has 18 heavy (non-hydrogen) atoms. The van der Waals surface area contributed by atoms with Gasteiger partial charge in [-0.2, -0.15) is 0 Å². The van der Waals surface area contributed by atoms with Crippen molar-refractivity contribution in [1.82, 2.24) is 10.2 Å². The highest BCUT2D eigenvalue weighted by atomic mass is 16.3. The second kappa shape index (κ2) is 5.40. The van der Waals surface area contributed by atoms with Crippen LogP contribution in [0.2, 0.25) is 0 Å². The van der Waals surface area contributed by atoms with Gasteiger partial charge in [-0.25, -0.2) is 0 Å². The summed E-state index contributed by atoms with van der Waals surface area (Å²) in [5, 5.41) is 13.0. The number of nitrogens with zero attached hydrogens (tertiary/aromatic N) is 1. The quantitative estimate of drug-likeness (QED) is 0.855. The summed E-state index contributed by atoms with van der Waals surface area (Å²) in [6.07, 6.45) is 1.49. The van der Waals surface area contributed by atoms with Crippen LogP contribution in [0.25, 0.3) is 0 Å². The molecule has 1 aliphatic rings. The highest BCUT2D eigenvalue weighted by Crippen LogP contribution is 2.20. The maximum absolute atomic E-state index is 11.4. The first kappa shape index (κ1) is 12.9. The fourth-order valence-corrected chi connectivity index (χ4v) is 2.39. The average molecular weight is 248 g/mol. The van der Waals surface area contributed by atoms with Crippen LogP contribution in [0.1, 0.15) is 31.4 Å². The number of rotatable bonds is 3. The van der Waals surface area contributed by atoms with Gasteiger partial charge in [-0.3, -0.25) is 4.79 Å². The second-order valence-corrected chi connectivity index (χ2v) is 4.99. The summed E-state index contributed by atoms with van der Waals surface area (Å²) in [5.41, 5.74) is 1.06. The van der Waals surface area contributed by atoms with Gasteiger partial charge in [0.1, 0.15) is 5.75 Å². The van der Waals surface area contributed by atoms with Crippen LogP contribution in [0.4, 0.5) is 0 Å². The molecular weight excluding hydrogens is 228 g/mol. The normalized spacial score (nSPS) is 22.0. The van der Waals surface area contributed by atoms with Crippen molar-refractivity contribution in [2.45, 2.75) is 31.8 Å². The summed E-state index contributed by atoms with van der Waals surface area (Å²) in [6, 6.07) is 7.78. The molecule has 2 N–H and O–H groups in total. The van der Waals surface area contributed by atoms with Gasteiger partial charge in [0.15, 0.2) is 0 Å². The van der Waals surface area contributed by atoms with Gasteiger partial charge in [0.2, 0.25) is 5.91 Å². The lowest BCUT2D eigenvalue weighted by molar-refractivity contribution is -0.132. The Morgan fingerprint density at radius 1 is 1.50 bits per heavy atom. The van der Waals surface area contributed by atoms with Crippen molar-refractivity contribution < 1.29 is 9.90 Å². The molecule has 1 aromatic carbocycles. The molecule has 1 fully saturated rings. The van der Waals surface area contributed by atoms with Crippen molar-refractivity contribution in [3.8, 4) is 5.75 Å². The lowest BCUT2D eigenvalue weighted by Gasteiger charge is -2.32. The van der Waals surface area contributed by atoms with Crippen molar-refractivity contribution in [2.24, 2.45) is 0 Å². The van der Waals surface area contributed by atoms with Crippen LogP contribution in [0.3, 0.4) is 0 Å². The van der Waals surface area contributed by atoms with E-state index >= 15 is 0 Å². The van der Waals surface area contributed by atoms with Crippen LogP contribution < -0.4 is 5.32 Å². The van der Waals surface area contributed by atoms with Crippen LogP contribution in [0.15, 0.2) is 24.3 Å². The SMILES string of the molecule is CC(NC1CCC(=O)N(C)C1)c1cccc(O)c1. The minimum Gasteiger partial charge on any atom is -0.508 e. The summed E-state index contributed by atoms with van der Waals surface area (Å²) in [6.45, 7) is 2.83. The second-order valence-electron chi connectivity index (χ2n) is 4.99. The Balaban J connectivity index is 1.95. The Hall–Kier alpha value is -1.55. The maximum Gasteiger partial charge on any atom is 0.222 e. The maximum atomic E-state index is 11.4. The molecule has 1 aliphatic heterocycles. The molecule has 0 spiro atoms. The number of carbonyl (C=O) groups is 1. The van der Waals surface area contributed by atoms with E-state index in [-0.39, 0.29) is 17.7 Å². The topological polar surface area (TPSA) is 52.6 Å². The molecule has 1 saturated heterocycles. The number of phenols is 1. The minimum absolute atomic E-state index is 0.170. The smallest absolute Gasteiger partial charge is 0.222 e. The van der Waals surface area contributed by atoms with E-state index in [1.165, 1.54) is 0 Å². The number of phenolic OH excluding ortho intramolecular Hbond substituents is 1. The van der Waals surface area contributed by atoms with Gasteiger partial charge in [-0.1, -0.05) is 12.1 Å². The first-order valence-electron chi connectivity index (χ1n) is 6.35. The Labute approximate surface area is 108 Å². The van der Waals surface area contributed by atoms with Crippen molar-refractivity contribution in [2.75, 3.05) is 13.6 Å². The zero-order valence-corrected chi connectivity index (χ0v) is 10.9. The summed E-state index contributed by atoms with van der Waals surface area (Å²) < 4.78 is 0. The first-order chi connectivity index (χ1) is 8.56. The molecule has 0 aliphatic carbocycles. The van der Waals surface area contributed by atoms with E-state index in [9.17, 15) is 9.90 Å². The number of benzene rings is 1. The van der Waals surface area contributed by atoms with Gasteiger partial charge in [0.25, 0.3) is 0 Å². The van der Waals surface area contributed by atoms with Crippen molar-refractivity contribution in [3.05, 3.63) is 29.8 Å². The fraction of sp³-hybridized carbons (Fsp3) is 0.500. The van der Waals surface area contributed by atoms with Gasteiger partial charge in [0, 0.05) is 32.1 Å². The number of likely N-dealkylation sites (N-methyl/N-ethyl adjacent to an activating group) is 1. The summed E-state index contributed by atoms with van der Waals surface area (Å²) in [7, 11) is 1.84. The molecule has 1 amide bonds. The minimum atomic E-state index is 0.170. The lowest BCUT2D eigenvalue weighted by atomic mass is 10.0. The molecule has 2 unspecified atom stereocenters. The standard InChI is InChI=1S/C14H20N2O2/c1-10(11-4-3-5-13(17)8-11)15-12-6-7-14(18)16(2)9-12/h3-5,8,10,12,15,17H,6-7,9H2,1-2H3. The van der Waals surface area contributed by atoms with E-state index in [2.05, 4.69) is 12.2 Å². The summed E-state index contributed by atoms with van der Waals surface area (Å²) >= 11 is 0. The molecule has 4 nitrogen and oxygen atoms in total. The molecular formula is C14H20N2O2. The van der Waals surface area contributed by atoms with Crippen molar-refractivity contribution in [3.63, 3.8) is 0 Å². The molecule has 0 radical (unpaired) electrons. The Bertz CT molecular complexity index is 434. The van der Waals surface area contributed by atoms with Gasteiger partial charge in [0.05, 0.1) is 0 Å². The van der Waals surface area contributed by atoms with Crippen LogP contribution >= 0.6 is 0 Å². The van der Waals surface area contributed by atoms with Crippen LogP contribution in [0.5, 0.6) is 5.75 Å². The van der Waals surface area contributed by atoms with E-state index in [4.69, 9.17) is 0 Å². The van der Waals surface area contributed by atoms with Gasteiger partial charge in [-0.15, -0.1) is 0 Å². The third-order valence-electron chi connectivity index (χ3n) is 3.48. The number of likely N-dealkylation sites (tertiary alicyclic amines) is 1. The number of hydrogen-bond donors (Lipinski definition) is 2. The first-order valence-corrected chi connectivity index (χ1v) is 6.35. The van der Waals surface area contributed by atoms with Crippen molar-refractivity contribution in [1.29, 1.82) is 0 Å². The Kier molecular flexibility index (Phi) is 3.87. The van der Waals surface area contributed by atoms with Gasteiger partial charge >= 0.3 is 0 Å². The van der Waals surface area contributed by atoms with E-state index in [0.717, 1.165) is 18.5 Å². The number of amides is 1. The zero-order chi connectivity index (χ0) is 13.1. The Morgan fingerprint density at radius 3 is 2.94 bits per heavy atom. The van der Waals surface area contributed by atoms with E-state index in [1.807, 2.05) is 19.2 Å². The molecule has 4 heteroatoms. The molecule has 0 bridgehead atoms. The number of aromatic hydroxyl groups is 1. The van der Waals surface area contributed by atoms with E-state index < -0.39 is 0 Å². The highest BCUT2D eigenvalue weighted by Gasteiger charge is 2.23. The monoisotopic (exact) mass is 248 g/mol. The van der Waals surface area contributed by atoms with E-state index in [1.54, 1.807) is 17.0 Å².